The number of alkyl halides is 2. The molecule has 0 bridgehead atoms. The van der Waals surface area contributed by atoms with E-state index < -0.39 is 15.3 Å². The third-order valence-corrected chi connectivity index (χ3v) is 8.75. The molecule has 0 amide bonds. The van der Waals surface area contributed by atoms with E-state index in [2.05, 4.69) is 5.09 Å². The molecule has 178 valence electrons. The van der Waals surface area contributed by atoms with Crippen LogP contribution in [0.5, 0.6) is 0 Å². The van der Waals surface area contributed by atoms with Crippen LogP contribution < -0.4 is 10.4 Å². The highest BCUT2D eigenvalue weighted by Gasteiger charge is 2.31. The molecule has 0 spiro atoms. The summed E-state index contributed by atoms with van der Waals surface area (Å²) in [6.45, 7) is 8.65. The largest absolute Gasteiger partial charge is 0.430 e. The molecule has 0 aliphatic carbocycles. The number of aryl methyl sites for hydroxylation is 3. The molecule has 0 radical (unpaired) electrons. The minimum atomic E-state index is -4.06. The molecule has 0 saturated heterocycles. The first-order valence-electron chi connectivity index (χ1n) is 10.2. The summed E-state index contributed by atoms with van der Waals surface area (Å²) in [6.07, 6.45) is 4.30. The van der Waals surface area contributed by atoms with Gasteiger partial charge >= 0.3 is 15.3 Å². The molecule has 1 rings (SSSR count). The van der Waals surface area contributed by atoms with Gasteiger partial charge in [-0.15, -0.1) is 23.2 Å². The van der Waals surface area contributed by atoms with E-state index in [1.54, 1.807) is 18.5 Å². The van der Waals surface area contributed by atoms with Crippen LogP contribution in [0.25, 0.3) is 0 Å². The SMILES string of the molecule is CCCCNP(=O)(OC/C=C/OP(=O)(O)c1c(C)cc(C)cc1C)N(CCCl)CCCl. The number of unbranched alkanes of at least 4 members (excludes halogenated alkanes) is 1. The number of halogens is 2. The van der Waals surface area contributed by atoms with Crippen molar-refractivity contribution >= 4 is 43.8 Å². The molecule has 0 saturated carbocycles. The van der Waals surface area contributed by atoms with E-state index in [9.17, 15) is 14.0 Å². The number of nitrogens with zero attached hydrogens (tertiary/aromatic N) is 1. The molecule has 2 unspecified atom stereocenters. The zero-order valence-electron chi connectivity index (χ0n) is 18.6. The minimum absolute atomic E-state index is 0.0800. The smallest absolute Gasteiger partial charge is 0.408 e. The second kappa shape index (κ2) is 14.0. The summed E-state index contributed by atoms with van der Waals surface area (Å²) in [5, 5.41) is 3.27. The van der Waals surface area contributed by atoms with Crippen LogP contribution in [0.2, 0.25) is 0 Å². The highest BCUT2D eigenvalue weighted by Crippen LogP contribution is 2.47. The Labute approximate surface area is 196 Å². The van der Waals surface area contributed by atoms with E-state index in [0.717, 1.165) is 24.7 Å². The van der Waals surface area contributed by atoms with E-state index >= 15 is 0 Å². The molecule has 2 N–H and O–H groups in total. The monoisotopic (exact) mass is 514 g/mol. The van der Waals surface area contributed by atoms with Crippen LogP contribution in [0, 0.1) is 20.8 Å². The fourth-order valence-electron chi connectivity index (χ4n) is 3.17. The predicted octanol–water partition coefficient (Wildman–Crippen LogP) is 5.25. The van der Waals surface area contributed by atoms with Crippen LogP contribution in [0.3, 0.4) is 0 Å². The molecule has 7 nitrogen and oxygen atoms in total. The second-order valence-electron chi connectivity index (χ2n) is 7.15. The number of rotatable bonds is 15. The van der Waals surface area contributed by atoms with Crippen LogP contribution in [-0.2, 0) is 18.2 Å². The van der Waals surface area contributed by atoms with Gasteiger partial charge in [-0.2, -0.15) is 0 Å². The molecule has 0 heterocycles. The highest BCUT2D eigenvalue weighted by atomic mass is 35.5. The molecular formula is C20H34Cl2N2O5P2. The molecule has 0 aromatic heterocycles. The third kappa shape index (κ3) is 9.19. The Balaban J connectivity index is 2.84. The van der Waals surface area contributed by atoms with E-state index in [1.807, 2.05) is 26.0 Å². The maximum atomic E-state index is 13.4. The Morgan fingerprint density at radius 2 is 1.71 bits per heavy atom. The topological polar surface area (TPSA) is 88.1 Å². The molecule has 1 aromatic carbocycles. The van der Waals surface area contributed by atoms with Gasteiger partial charge in [-0.25, -0.2) is 14.3 Å². The van der Waals surface area contributed by atoms with Gasteiger partial charge in [-0.05, 0) is 44.4 Å². The van der Waals surface area contributed by atoms with Crippen LogP contribution in [0.15, 0.2) is 24.5 Å². The lowest BCUT2D eigenvalue weighted by Gasteiger charge is -2.30. The number of nitrogens with one attached hydrogen (secondary N) is 1. The fourth-order valence-corrected chi connectivity index (χ4v) is 7.11. The van der Waals surface area contributed by atoms with Crippen LogP contribution in [-0.4, -0.2) is 47.6 Å². The Bertz CT molecular complexity index is 794. The van der Waals surface area contributed by atoms with Gasteiger partial charge in [-0.1, -0.05) is 31.0 Å². The zero-order valence-corrected chi connectivity index (χ0v) is 21.9. The lowest BCUT2D eigenvalue weighted by molar-refractivity contribution is 0.279. The van der Waals surface area contributed by atoms with Gasteiger partial charge in [0.1, 0.15) is 0 Å². The van der Waals surface area contributed by atoms with E-state index in [0.29, 0.717) is 30.8 Å². The van der Waals surface area contributed by atoms with E-state index in [-0.39, 0.29) is 23.7 Å². The van der Waals surface area contributed by atoms with Crippen molar-refractivity contribution in [3.05, 3.63) is 41.2 Å². The van der Waals surface area contributed by atoms with Crippen LogP contribution in [0.4, 0.5) is 0 Å². The van der Waals surface area contributed by atoms with Gasteiger partial charge in [0.15, 0.2) is 0 Å². The van der Waals surface area contributed by atoms with Crippen molar-refractivity contribution in [2.24, 2.45) is 0 Å². The lowest BCUT2D eigenvalue weighted by Crippen LogP contribution is -2.33. The molecule has 0 aliphatic rings. The zero-order chi connectivity index (χ0) is 23.5. The normalized spacial score (nSPS) is 15.9. The molecule has 11 heteroatoms. The van der Waals surface area contributed by atoms with Gasteiger partial charge in [-0.3, -0.25) is 4.57 Å². The minimum Gasteiger partial charge on any atom is -0.430 e. The first-order chi connectivity index (χ1) is 14.6. The van der Waals surface area contributed by atoms with Crippen molar-refractivity contribution in [3.63, 3.8) is 0 Å². The van der Waals surface area contributed by atoms with E-state index in [4.69, 9.17) is 32.2 Å². The van der Waals surface area contributed by atoms with Crippen molar-refractivity contribution in [2.45, 2.75) is 40.5 Å². The van der Waals surface area contributed by atoms with Crippen molar-refractivity contribution in [2.75, 3.05) is 38.0 Å². The summed E-state index contributed by atoms with van der Waals surface area (Å²) in [4.78, 5) is 10.4. The Hall–Kier alpha value is -0.360. The van der Waals surface area contributed by atoms with Crippen molar-refractivity contribution in [1.29, 1.82) is 0 Å². The standard InChI is InChI=1S/C20H34Cl2N2O5P2/c1-5-6-10-23-31(27,24(11-8-21)12-9-22)29-14-7-13-28-30(25,26)20-18(3)15-17(2)16-19(20)4/h7,13,15-16H,5-6,8-12,14H2,1-4H3,(H,23,27)(H,25,26)/b13-7+. The number of hydrogen-bond acceptors (Lipinski definition) is 4. The van der Waals surface area contributed by atoms with Gasteiger partial charge in [0.2, 0.25) is 0 Å². The van der Waals surface area contributed by atoms with Gasteiger partial charge < -0.3 is 13.9 Å². The predicted molar refractivity (Wildman–Crippen MR) is 130 cm³/mol. The summed E-state index contributed by atoms with van der Waals surface area (Å²) in [5.74, 6) is 0.559. The molecule has 0 fully saturated rings. The average Bonchev–Trinajstić information content (AvgIpc) is 2.66. The lowest BCUT2D eigenvalue weighted by atomic mass is 10.1. The quantitative estimate of drug-likeness (QED) is 0.143. The Morgan fingerprint density at radius 1 is 1.13 bits per heavy atom. The van der Waals surface area contributed by atoms with Gasteiger partial charge in [0, 0.05) is 31.4 Å². The number of benzene rings is 1. The van der Waals surface area contributed by atoms with Crippen LogP contribution in [0.1, 0.15) is 36.5 Å². The summed E-state index contributed by atoms with van der Waals surface area (Å²) in [6, 6.07) is 3.67. The van der Waals surface area contributed by atoms with Crippen LogP contribution >= 0.6 is 38.5 Å². The fraction of sp³-hybridized carbons (Fsp3) is 0.600. The molecule has 2 atom stereocenters. The van der Waals surface area contributed by atoms with Crippen molar-refractivity contribution in [3.8, 4) is 0 Å². The van der Waals surface area contributed by atoms with E-state index in [1.165, 1.54) is 6.08 Å². The highest BCUT2D eigenvalue weighted by molar-refractivity contribution is 7.61. The first kappa shape index (κ1) is 28.7. The Kier molecular flexibility index (Phi) is 13.0. The summed E-state index contributed by atoms with van der Waals surface area (Å²) >= 11 is 11.7. The van der Waals surface area contributed by atoms with Gasteiger partial charge in [0.05, 0.1) is 18.2 Å². The summed E-state index contributed by atoms with van der Waals surface area (Å²) in [5.41, 5.74) is 2.39. The maximum absolute atomic E-state index is 13.4. The Morgan fingerprint density at radius 3 is 2.23 bits per heavy atom. The second-order valence-corrected chi connectivity index (χ2v) is 11.8. The average molecular weight is 515 g/mol. The summed E-state index contributed by atoms with van der Waals surface area (Å²) in [7, 11) is -7.43. The maximum Gasteiger partial charge on any atom is 0.408 e. The van der Waals surface area contributed by atoms with Crippen molar-refractivity contribution in [1.82, 2.24) is 9.76 Å². The molecule has 31 heavy (non-hydrogen) atoms. The van der Waals surface area contributed by atoms with Gasteiger partial charge in [0.25, 0.3) is 0 Å². The molecular weight excluding hydrogens is 481 g/mol. The first-order valence-corrected chi connectivity index (χ1v) is 14.4. The number of hydrogen-bond donors (Lipinski definition) is 2. The van der Waals surface area contributed by atoms with Crippen molar-refractivity contribution < 1.29 is 23.1 Å². The molecule has 1 aromatic rings. The third-order valence-electron chi connectivity index (χ3n) is 4.46. The summed E-state index contributed by atoms with van der Waals surface area (Å²) < 4.78 is 38.5. The molecule has 0 aliphatic heterocycles.